The van der Waals surface area contributed by atoms with Gasteiger partial charge < -0.3 is 15.2 Å². The third kappa shape index (κ3) is 2.82. The Morgan fingerprint density at radius 3 is 2.89 bits per heavy atom. The van der Waals surface area contributed by atoms with E-state index in [1.165, 1.54) is 6.07 Å². The molecule has 7 heteroatoms. The molecule has 0 radical (unpaired) electrons. The summed E-state index contributed by atoms with van der Waals surface area (Å²) in [5.74, 6) is -0.871. The largest absolute Gasteiger partial charge is 0.502 e. The Morgan fingerprint density at radius 2 is 2.32 bits per heavy atom. The Morgan fingerprint density at radius 1 is 1.58 bits per heavy atom. The number of nitrogens with zero attached hydrogens (tertiary/aromatic N) is 1. The third-order valence-corrected chi connectivity index (χ3v) is 3.13. The summed E-state index contributed by atoms with van der Waals surface area (Å²) in [6.07, 6.45) is 0.642. The molecule has 1 fully saturated rings. The van der Waals surface area contributed by atoms with Crippen molar-refractivity contribution in [1.29, 1.82) is 0 Å². The van der Waals surface area contributed by atoms with Crippen molar-refractivity contribution in [3.05, 3.63) is 33.9 Å². The van der Waals surface area contributed by atoms with Gasteiger partial charge in [-0.25, -0.2) is 0 Å². The van der Waals surface area contributed by atoms with E-state index in [0.29, 0.717) is 13.0 Å². The highest BCUT2D eigenvalue weighted by Gasteiger charge is 2.26. The van der Waals surface area contributed by atoms with Gasteiger partial charge >= 0.3 is 5.69 Å². The van der Waals surface area contributed by atoms with E-state index >= 15 is 0 Å². The number of aromatic hydroxyl groups is 1. The first-order valence-corrected chi connectivity index (χ1v) is 5.89. The molecule has 102 valence electrons. The van der Waals surface area contributed by atoms with Crippen LogP contribution in [0.5, 0.6) is 5.75 Å². The Bertz CT molecular complexity index is 517. The maximum Gasteiger partial charge on any atom is 0.311 e. The zero-order chi connectivity index (χ0) is 14.0. The van der Waals surface area contributed by atoms with Gasteiger partial charge in [0.2, 0.25) is 0 Å². The quantitative estimate of drug-likeness (QED) is 0.632. The molecule has 1 aromatic rings. The number of nitro groups is 1. The van der Waals surface area contributed by atoms with Gasteiger partial charge in [-0.1, -0.05) is 0 Å². The van der Waals surface area contributed by atoms with Crippen LogP contribution in [0, 0.1) is 10.1 Å². The maximum absolute atomic E-state index is 12.0. The number of phenolic OH excluding ortho intramolecular Hbond substituents is 1. The number of nitrogens with one attached hydrogen (secondary N) is 1. The molecule has 7 nitrogen and oxygen atoms in total. The molecule has 2 unspecified atom stereocenters. The molecule has 1 heterocycles. The fourth-order valence-corrected chi connectivity index (χ4v) is 1.98. The molecule has 1 amide bonds. The van der Waals surface area contributed by atoms with Crippen molar-refractivity contribution in [3.63, 3.8) is 0 Å². The van der Waals surface area contributed by atoms with E-state index in [9.17, 15) is 20.0 Å². The minimum atomic E-state index is -0.729. The molecule has 0 aliphatic carbocycles. The second-order valence-electron chi connectivity index (χ2n) is 4.41. The summed E-state index contributed by atoms with van der Waals surface area (Å²) >= 11 is 0. The smallest absolute Gasteiger partial charge is 0.311 e. The molecule has 0 spiro atoms. The predicted molar refractivity (Wildman–Crippen MR) is 66.0 cm³/mol. The van der Waals surface area contributed by atoms with E-state index in [2.05, 4.69) is 5.32 Å². The van der Waals surface area contributed by atoms with Crippen molar-refractivity contribution in [2.75, 3.05) is 6.61 Å². The van der Waals surface area contributed by atoms with Crippen molar-refractivity contribution >= 4 is 11.6 Å². The van der Waals surface area contributed by atoms with Gasteiger partial charge in [-0.05, 0) is 25.5 Å². The second-order valence-corrected chi connectivity index (χ2v) is 4.41. The van der Waals surface area contributed by atoms with Gasteiger partial charge in [0.05, 0.1) is 17.1 Å². The van der Waals surface area contributed by atoms with Crippen molar-refractivity contribution in [2.24, 2.45) is 0 Å². The van der Waals surface area contributed by atoms with Crippen LogP contribution in [-0.2, 0) is 4.74 Å². The van der Waals surface area contributed by atoms with E-state index < -0.39 is 22.3 Å². The molecular weight excluding hydrogens is 252 g/mol. The number of phenols is 1. The molecule has 19 heavy (non-hydrogen) atoms. The zero-order valence-corrected chi connectivity index (χ0v) is 10.3. The first-order chi connectivity index (χ1) is 8.99. The average Bonchev–Trinajstić information content (AvgIpc) is 2.75. The minimum Gasteiger partial charge on any atom is -0.502 e. The Kier molecular flexibility index (Phi) is 3.66. The summed E-state index contributed by atoms with van der Waals surface area (Å²) in [6.45, 7) is 2.44. The maximum atomic E-state index is 12.0. The minimum absolute atomic E-state index is 0.0731. The number of carbonyl (C=O) groups is 1. The van der Waals surface area contributed by atoms with Crippen LogP contribution in [0.25, 0.3) is 0 Å². The number of rotatable bonds is 3. The van der Waals surface area contributed by atoms with Crippen LogP contribution in [0.1, 0.15) is 23.7 Å². The van der Waals surface area contributed by atoms with Gasteiger partial charge in [-0.2, -0.15) is 0 Å². The monoisotopic (exact) mass is 266 g/mol. The van der Waals surface area contributed by atoms with Crippen molar-refractivity contribution in [1.82, 2.24) is 5.32 Å². The second kappa shape index (κ2) is 5.23. The summed E-state index contributed by atoms with van der Waals surface area (Å²) in [5.41, 5.74) is -0.341. The normalized spacial score (nSPS) is 22.2. The van der Waals surface area contributed by atoms with E-state index in [4.69, 9.17) is 4.74 Å². The highest BCUT2D eigenvalue weighted by molar-refractivity contribution is 5.95. The van der Waals surface area contributed by atoms with Gasteiger partial charge in [-0.3, -0.25) is 14.9 Å². The molecular formula is C12H14N2O5. The molecule has 2 rings (SSSR count). The molecule has 2 N–H and O–H groups in total. The van der Waals surface area contributed by atoms with Crippen molar-refractivity contribution in [2.45, 2.75) is 25.5 Å². The van der Waals surface area contributed by atoms with Crippen LogP contribution >= 0.6 is 0 Å². The lowest BCUT2D eigenvalue weighted by Gasteiger charge is -2.15. The van der Waals surface area contributed by atoms with Crippen LogP contribution in [0.2, 0.25) is 0 Å². The average molecular weight is 266 g/mol. The van der Waals surface area contributed by atoms with Crippen LogP contribution < -0.4 is 5.32 Å². The summed E-state index contributed by atoms with van der Waals surface area (Å²) < 4.78 is 5.32. The molecule has 1 aliphatic heterocycles. The molecule has 2 atom stereocenters. The van der Waals surface area contributed by atoms with Crippen LogP contribution in [0.4, 0.5) is 5.69 Å². The van der Waals surface area contributed by atoms with Crippen molar-refractivity contribution < 1.29 is 19.6 Å². The van der Waals surface area contributed by atoms with Gasteiger partial charge in [0.15, 0.2) is 5.75 Å². The van der Waals surface area contributed by atoms with Crippen molar-refractivity contribution in [3.8, 4) is 5.75 Å². The van der Waals surface area contributed by atoms with Gasteiger partial charge in [-0.15, -0.1) is 0 Å². The summed E-state index contributed by atoms with van der Waals surface area (Å²) in [5, 5.41) is 22.8. The number of hydrogen-bond donors (Lipinski definition) is 2. The lowest BCUT2D eigenvalue weighted by molar-refractivity contribution is -0.385. The number of carbonyl (C=O) groups excluding carboxylic acids is 1. The topological polar surface area (TPSA) is 102 Å². The summed E-state index contributed by atoms with van der Waals surface area (Å²) in [7, 11) is 0. The Balaban J connectivity index is 2.15. The number of nitro benzene ring substituents is 1. The zero-order valence-electron chi connectivity index (χ0n) is 10.3. The Hall–Kier alpha value is -2.15. The van der Waals surface area contributed by atoms with E-state index in [0.717, 1.165) is 12.1 Å². The van der Waals surface area contributed by atoms with E-state index in [-0.39, 0.29) is 17.7 Å². The number of amides is 1. The number of ether oxygens (including phenoxy) is 1. The fourth-order valence-electron chi connectivity index (χ4n) is 1.98. The van der Waals surface area contributed by atoms with Gasteiger partial charge in [0.1, 0.15) is 0 Å². The SMILES string of the molecule is CC1OCCC1NC(=O)c1ccc(O)c([N+](=O)[O-])c1. The standard InChI is InChI=1S/C12H14N2O5/c1-7-9(4-5-19-7)13-12(16)8-2-3-11(15)10(6-8)14(17)18/h2-3,6-7,9,15H,4-5H2,1H3,(H,13,16). The first-order valence-electron chi connectivity index (χ1n) is 5.89. The summed E-state index contributed by atoms with van der Waals surface area (Å²) in [6, 6.07) is 3.45. The Labute approximate surface area is 109 Å². The number of benzene rings is 1. The van der Waals surface area contributed by atoms with Gasteiger partial charge in [0, 0.05) is 18.2 Å². The number of hydrogen-bond acceptors (Lipinski definition) is 5. The van der Waals surface area contributed by atoms with E-state index in [1.54, 1.807) is 0 Å². The van der Waals surface area contributed by atoms with E-state index in [1.807, 2.05) is 6.92 Å². The predicted octanol–water partition coefficient (Wildman–Crippen LogP) is 1.21. The first kappa shape index (κ1) is 13.3. The third-order valence-electron chi connectivity index (χ3n) is 3.13. The lowest BCUT2D eigenvalue weighted by Crippen LogP contribution is -2.39. The molecule has 1 aliphatic rings. The highest BCUT2D eigenvalue weighted by atomic mass is 16.6. The highest BCUT2D eigenvalue weighted by Crippen LogP contribution is 2.26. The van der Waals surface area contributed by atoms with Gasteiger partial charge in [0.25, 0.3) is 5.91 Å². The van der Waals surface area contributed by atoms with Crippen LogP contribution in [0.3, 0.4) is 0 Å². The fraction of sp³-hybridized carbons (Fsp3) is 0.417. The molecule has 0 bridgehead atoms. The van der Waals surface area contributed by atoms with Crippen LogP contribution in [0.15, 0.2) is 18.2 Å². The summed E-state index contributed by atoms with van der Waals surface area (Å²) in [4.78, 5) is 21.9. The molecule has 0 aromatic heterocycles. The molecule has 1 saturated heterocycles. The lowest BCUT2D eigenvalue weighted by atomic mass is 10.1. The molecule has 1 aromatic carbocycles. The van der Waals surface area contributed by atoms with Crippen LogP contribution in [-0.4, -0.2) is 34.7 Å². The molecule has 0 saturated carbocycles.